The Labute approximate surface area is 122 Å². The molecule has 1 N–H and O–H groups in total. The Kier molecular flexibility index (Phi) is 3.48. The molecule has 0 bridgehead atoms. The van der Waals surface area contributed by atoms with Crippen LogP contribution < -0.4 is 14.8 Å². The lowest BCUT2D eigenvalue weighted by atomic mass is 10.2. The Morgan fingerprint density at radius 3 is 2.70 bits per heavy atom. The minimum atomic E-state index is -0.515. The van der Waals surface area contributed by atoms with Crippen LogP contribution in [0.15, 0.2) is 34.8 Å². The normalized spacial score (nSPS) is 12.6. The van der Waals surface area contributed by atoms with Crippen molar-refractivity contribution in [2.45, 2.75) is 6.54 Å². The summed E-state index contributed by atoms with van der Waals surface area (Å²) in [6.07, 6.45) is 0. The molecule has 0 aliphatic carbocycles. The maximum atomic E-state index is 13.6. The van der Waals surface area contributed by atoms with Crippen LogP contribution in [0.5, 0.6) is 11.5 Å². The van der Waals surface area contributed by atoms with E-state index in [1.54, 1.807) is 6.07 Å². The maximum absolute atomic E-state index is 13.6. The number of anilines is 1. The fraction of sp³-hybridized carbons (Fsp3) is 0.143. The maximum Gasteiger partial charge on any atom is 0.231 e. The summed E-state index contributed by atoms with van der Waals surface area (Å²) in [5, 5.41) is 2.86. The van der Waals surface area contributed by atoms with Crippen molar-refractivity contribution in [2.75, 3.05) is 12.1 Å². The first-order valence-corrected chi connectivity index (χ1v) is 6.70. The van der Waals surface area contributed by atoms with E-state index >= 15 is 0 Å². The van der Waals surface area contributed by atoms with E-state index in [1.807, 2.05) is 12.1 Å². The zero-order valence-corrected chi connectivity index (χ0v) is 11.8. The van der Waals surface area contributed by atoms with Gasteiger partial charge in [0.15, 0.2) is 11.5 Å². The van der Waals surface area contributed by atoms with Gasteiger partial charge in [0.05, 0.1) is 10.2 Å². The lowest BCUT2D eigenvalue weighted by molar-refractivity contribution is 0.174. The van der Waals surface area contributed by atoms with Crippen molar-refractivity contribution < 1.29 is 18.3 Å². The van der Waals surface area contributed by atoms with Crippen LogP contribution in [0, 0.1) is 11.6 Å². The number of nitrogens with one attached hydrogen (secondary N) is 1. The summed E-state index contributed by atoms with van der Waals surface area (Å²) in [6, 6.07) is 7.65. The molecule has 0 spiro atoms. The van der Waals surface area contributed by atoms with Gasteiger partial charge in [-0.25, -0.2) is 8.78 Å². The number of hydrogen-bond donors (Lipinski definition) is 1. The summed E-state index contributed by atoms with van der Waals surface area (Å²) >= 11 is 2.94. The van der Waals surface area contributed by atoms with Gasteiger partial charge >= 0.3 is 0 Å². The fourth-order valence-electron chi connectivity index (χ4n) is 1.91. The standard InChI is InChI=1S/C14H10BrF2NO2/c15-9-4-11(17)12(5-10(9)16)18-6-8-1-2-13-14(3-8)20-7-19-13/h1-5,18H,6-7H2. The van der Waals surface area contributed by atoms with Crippen molar-refractivity contribution in [1.29, 1.82) is 0 Å². The second kappa shape index (κ2) is 5.28. The topological polar surface area (TPSA) is 30.5 Å². The van der Waals surface area contributed by atoms with Crippen molar-refractivity contribution in [3.05, 3.63) is 52.0 Å². The molecule has 0 saturated carbocycles. The van der Waals surface area contributed by atoms with E-state index in [0.717, 1.165) is 17.7 Å². The third-order valence-electron chi connectivity index (χ3n) is 2.93. The fourth-order valence-corrected chi connectivity index (χ4v) is 2.22. The van der Waals surface area contributed by atoms with Crippen LogP contribution >= 0.6 is 15.9 Å². The monoisotopic (exact) mass is 341 g/mol. The molecule has 2 aromatic carbocycles. The molecule has 0 atom stereocenters. The lowest BCUT2D eigenvalue weighted by Gasteiger charge is -2.09. The number of rotatable bonds is 3. The predicted molar refractivity (Wildman–Crippen MR) is 73.9 cm³/mol. The lowest BCUT2D eigenvalue weighted by Crippen LogP contribution is -2.02. The molecule has 0 saturated heterocycles. The Hall–Kier alpha value is -1.82. The molecule has 0 amide bonds. The van der Waals surface area contributed by atoms with Crippen LogP contribution in [0.1, 0.15) is 5.56 Å². The first-order valence-electron chi connectivity index (χ1n) is 5.90. The van der Waals surface area contributed by atoms with Crippen LogP contribution in [-0.2, 0) is 6.54 Å². The molecule has 3 nitrogen and oxygen atoms in total. The average Bonchev–Trinajstić information content (AvgIpc) is 2.89. The quantitative estimate of drug-likeness (QED) is 0.853. The molecule has 3 rings (SSSR count). The summed E-state index contributed by atoms with van der Waals surface area (Å²) < 4.78 is 37.6. The third kappa shape index (κ3) is 2.56. The molecule has 0 radical (unpaired) electrons. The molecule has 0 fully saturated rings. The molecule has 20 heavy (non-hydrogen) atoms. The first-order chi connectivity index (χ1) is 9.63. The molecule has 1 aliphatic rings. The molecular weight excluding hydrogens is 332 g/mol. The number of fused-ring (bicyclic) bond motifs is 1. The highest BCUT2D eigenvalue weighted by molar-refractivity contribution is 9.10. The number of benzene rings is 2. The largest absolute Gasteiger partial charge is 0.454 e. The summed E-state index contributed by atoms with van der Waals surface area (Å²) in [5.41, 5.74) is 1.00. The molecule has 0 aromatic heterocycles. The highest BCUT2D eigenvalue weighted by atomic mass is 79.9. The summed E-state index contributed by atoms with van der Waals surface area (Å²) in [4.78, 5) is 0. The predicted octanol–water partition coefficient (Wildman–Crippen LogP) is 4.07. The summed E-state index contributed by atoms with van der Waals surface area (Å²) in [7, 11) is 0. The Bertz CT molecular complexity index is 664. The van der Waals surface area contributed by atoms with Crippen molar-refractivity contribution in [3.8, 4) is 11.5 Å². The van der Waals surface area contributed by atoms with Crippen LogP contribution in [0.4, 0.5) is 14.5 Å². The van der Waals surface area contributed by atoms with Gasteiger partial charge in [0.1, 0.15) is 11.6 Å². The third-order valence-corrected chi connectivity index (χ3v) is 3.54. The zero-order valence-electron chi connectivity index (χ0n) is 10.3. The number of ether oxygens (including phenoxy) is 2. The summed E-state index contributed by atoms with van der Waals surface area (Å²) in [5.74, 6) is 0.319. The Balaban J connectivity index is 1.75. The second-order valence-electron chi connectivity index (χ2n) is 4.29. The smallest absolute Gasteiger partial charge is 0.231 e. The Morgan fingerprint density at radius 2 is 1.85 bits per heavy atom. The summed E-state index contributed by atoms with van der Waals surface area (Å²) in [6.45, 7) is 0.563. The highest BCUT2D eigenvalue weighted by Crippen LogP contribution is 2.32. The van der Waals surface area contributed by atoms with E-state index in [9.17, 15) is 8.78 Å². The molecule has 1 aliphatic heterocycles. The second-order valence-corrected chi connectivity index (χ2v) is 5.14. The van der Waals surface area contributed by atoms with Crippen LogP contribution in [0.25, 0.3) is 0 Å². The Morgan fingerprint density at radius 1 is 1.05 bits per heavy atom. The van der Waals surface area contributed by atoms with E-state index in [-0.39, 0.29) is 17.0 Å². The van der Waals surface area contributed by atoms with Gasteiger partial charge in [-0.05, 0) is 39.7 Å². The zero-order chi connectivity index (χ0) is 14.1. The van der Waals surface area contributed by atoms with Gasteiger partial charge in [-0.15, -0.1) is 0 Å². The van der Waals surface area contributed by atoms with Crippen LogP contribution in [-0.4, -0.2) is 6.79 Å². The van der Waals surface area contributed by atoms with E-state index in [4.69, 9.17) is 9.47 Å². The van der Waals surface area contributed by atoms with Crippen molar-refractivity contribution >= 4 is 21.6 Å². The molecule has 104 valence electrons. The molecule has 1 heterocycles. The minimum Gasteiger partial charge on any atom is -0.454 e. The van der Waals surface area contributed by atoms with Gasteiger partial charge < -0.3 is 14.8 Å². The van der Waals surface area contributed by atoms with Crippen LogP contribution in [0.3, 0.4) is 0 Å². The first kappa shape index (κ1) is 13.2. The van der Waals surface area contributed by atoms with E-state index < -0.39 is 11.6 Å². The van der Waals surface area contributed by atoms with Crippen molar-refractivity contribution in [2.24, 2.45) is 0 Å². The van der Waals surface area contributed by atoms with Gasteiger partial charge in [0, 0.05) is 12.6 Å². The number of halogens is 3. The number of hydrogen-bond acceptors (Lipinski definition) is 3. The van der Waals surface area contributed by atoms with Gasteiger partial charge in [0.2, 0.25) is 6.79 Å². The van der Waals surface area contributed by atoms with Crippen molar-refractivity contribution in [1.82, 2.24) is 0 Å². The SMILES string of the molecule is Fc1cc(NCc2ccc3c(c2)OCO3)c(F)cc1Br. The van der Waals surface area contributed by atoms with Gasteiger partial charge in [-0.2, -0.15) is 0 Å². The minimum absolute atomic E-state index is 0.101. The average molecular weight is 342 g/mol. The van der Waals surface area contributed by atoms with Gasteiger partial charge in [-0.3, -0.25) is 0 Å². The van der Waals surface area contributed by atoms with Crippen molar-refractivity contribution in [3.63, 3.8) is 0 Å². The van der Waals surface area contributed by atoms with E-state index in [1.165, 1.54) is 0 Å². The van der Waals surface area contributed by atoms with E-state index in [0.29, 0.717) is 18.0 Å². The van der Waals surface area contributed by atoms with Gasteiger partial charge in [0.25, 0.3) is 0 Å². The van der Waals surface area contributed by atoms with Gasteiger partial charge in [-0.1, -0.05) is 6.07 Å². The molecule has 2 aromatic rings. The highest BCUT2D eigenvalue weighted by Gasteiger charge is 2.13. The van der Waals surface area contributed by atoms with E-state index in [2.05, 4.69) is 21.2 Å². The van der Waals surface area contributed by atoms with Crippen LogP contribution in [0.2, 0.25) is 0 Å². The molecule has 6 heteroatoms. The molecule has 0 unspecified atom stereocenters. The molecular formula is C14H10BrF2NO2.